The van der Waals surface area contributed by atoms with Crippen LogP contribution in [0.1, 0.15) is 18.2 Å². The summed E-state index contributed by atoms with van der Waals surface area (Å²) in [4.78, 5) is 13.3. The molecule has 1 aliphatic rings. The number of carbonyl (C=O) groups excluding carboxylic acids is 1. The Morgan fingerprint density at radius 3 is 2.50 bits per heavy atom. The van der Waals surface area contributed by atoms with Gasteiger partial charge in [-0.2, -0.15) is 0 Å². The lowest BCUT2D eigenvalue weighted by atomic mass is 10.1. The number of amides is 1. The average molecular weight is 219 g/mol. The summed E-state index contributed by atoms with van der Waals surface area (Å²) in [5, 5.41) is 6.19. The van der Waals surface area contributed by atoms with E-state index in [0.29, 0.717) is 6.42 Å². The van der Waals surface area contributed by atoms with Gasteiger partial charge in [0.2, 0.25) is 5.91 Å². The second kappa shape index (κ2) is 4.53. The Morgan fingerprint density at radius 1 is 1.25 bits per heavy atom. The number of rotatable bonds is 2. The summed E-state index contributed by atoms with van der Waals surface area (Å²) in [6.07, 6.45) is 0.518. The lowest BCUT2D eigenvalue weighted by Gasteiger charge is -2.25. The van der Waals surface area contributed by atoms with Crippen LogP contribution in [0.3, 0.4) is 0 Å². The fraction of sp³-hybridized carbons (Fsp3) is 0.417. The predicted molar refractivity (Wildman–Crippen MR) is 64.3 cm³/mol. The van der Waals surface area contributed by atoms with Crippen molar-refractivity contribution in [1.82, 2.24) is 10.6 Å². The molecule has 0 unspecified atom stereocenters. The summed E-state index contributed by atoms with van der Waals surface area (Å²) in [5.74, 6) is 0.112. The third-order valence-corrected chi connectivity index (χ3v) is 2.75. The summed E-state index contributed by atoms with van der Waals surface area (Å²) in [6.45, 7) is 0.742. The van der Waals surface area contributed by atoms with Gasteiger partial charge in [0.05, 0.1) is 0 Å². The maximum absolute atomic E-state index is 11.3. The molecule has 1 aromatic rings. The molecule has 2 rings (SSSR count). The van der Waals surface area contributed by atoms with Gasteiger partial charge in [0.25, 0.3) is 0 Å². The maximum atomic E-state index is 11.3. The number of nitrogens with zero attached hydrogens (tertiary/aromatic N) is 1. The van der Waals surface area contributed by atoms with Gasteiger partial charge < -0.3 is 10.2 Å². The first-order chi connectivity index (χ1) is 7.66. The Hall–Kier alpha value is -1.55. The van der Waals surface area contributed by atoms with Gasteiger partial charge in [-0.25, -0.2) is 0 Å². The Bertz CT molecular complexity index is 372. The topological polar surface area (TPSA) is 44.4 Å². The monoisotopic (exact) mass is 219 g/mol. The number of carbonyl (C=O) groups is 1. The van der Waals surface area contributed by atoms with E-state index in [1.54, 1.807) is 0 Å². The predicted octanol–water partition coefficient (Wildman–Crippen LogP) is 0.861. The molecule has 4 heteroatoms. The van der Waals surface area contributed by atoms with Gasteiger partial charge in [-0.15, -0.1) is 0 Å². The first kappa shape index (κ1) is 11.0. The molecule has 0 aromatic heterocycles. The minimum absolute atomic E-state index is 0.0440. The van der Waals surface area contributed by atoms with Crippen molar-refractivity contribution < 1.29 is 4.79 Å². The van der Waals surface area contributed by atoms with Gasteiger partial charge >= 0.3 is 0 Å². The maximum Gasteiger partial charge on any atom is 0.222 e. The third-order valence-electron chi connectivity index (χ3n) is 2.75. The van der Waals surface area contributed by atoms with Gasteiger partial charge in [0.1, 0.15) is 6.17 Å². The molecule has 1 aromatic carbocycles. The van der Waals surface area contributed by atoms with Crippen LogP contribution in [0.25, 0.3) is 0 Å². The summed E-state index contributed by atoms with van der Waals surface area (Å²) in [7, 11) is 4.02. The van der Waals surface area contributed by atoms with Crippen molar-refractivity contribution in [2.45, 2.75) is 12.6 Å². The molecule has 0 saturated carbocycles. The highest BCUT2D eigenvalue weighted by Gasteiger charge is 2.18. The Kier molecular flexibility index (Phi) is 3.10. The molecule has 1 atom stereocenters. The van der Waals surface area contributed by atoms with E-state index < -0.39 is 0 Å². The molecule has 0 spiro atoms. The van der Waals surface area contributed by atoms with Crippen molar-refractivity contribution in [3.8, 4) is 0 Å². The van der Waals surface area contributed by atoms with Crippen LogP contribution in [0, 0.1) is 0 Å². The van der Waals surface area contributed by atoms with Crippen molar-refractivity contribution in [1.29, 1.82) is 0 Å². The smallest absolute Gasteiger partial charge is 0.222 e. The fourth-order valence-corrected chi connectivity index (χ4v) is 1.78. The number of benzene rings is 1. The zero-order valence-electron chi connectivity index (χ0n) is 9.66. The van der Waals surface area contributed by atoms with Gasteiger partial charge in [-0.3, -0.25) is 10.1 Å². The van der Waals surface area contributed by atoms with Crippen LogP contribution in [0.4, 0.5) is 5.69 Å². The highest BCUT2D eigenvalue weighted by Crippen LogP contribution is 2.17. The van der Waals surface area contributed by atoms with Gasteiger partial charge in [0, 0.05) is 32.7 Å². The van der Waals surface area contributed by atoms with Gasteiger partial charge in [-0.05, 0) is 17.7 Å². The van der Waals surface area contributed by atoms with Crippen molar-refractivity contribution in [2.24, 2.45) is 0 Å². The summed E-state index contributed by atoms with van der Waals surface area (Å²) in [6, 6.07) is 8.19. The van der Waals surface area contributed by atoms with E-state index in [2.05, 4.69) is 27.7 Å². The second-order valence-electron chi connectivity index (χ2n) is 4.19. The van der Waals surface area contributed by atoms with Crippen LogP contribution >= 0.6 is 0 Å². The van der Waals surface area contributed by atoms with E-state index in [0.717, 1.165) is 17.8 Å². The molecular weight excluding hydrogens is 202 g/mol. The van der Waals surface area contributed by atoms with E-state index in [1.807, 2.05) is 26.2 Å². The Labute approximate surface area is 95.6 Å². The summed E-state index contributed by atoms with van der Waals surface area (Å²) < 4.78 is 0. The first-order valence-electron chi connectivity index (χ1n) is 5.47. The fourth-order valence-electron chi connectivity index (χ4n) is 1.78. The molecule has 1 heterocycles. The highest BCUT2D eigenvalue weighted by molar-refractivity contribution is 5.77. The van der Waals surface area contributed by atoms with Gasteiger partial charge in [0.15, 0.2) is 0 Å². The number of hydrogen-bond donors (Lipinski definition) is 2. The van der Waals surface area contributed by atoms with Crippen LogP contribution < -0.4 is 15.5 Å². The molecule has 1 amide bonds. The zero-order chi connectivity index (χ0) is 11.5. The summed E-state index contributed by atoms with van der Waals surface area (Å²) in [5.41, 5.74) is 2.25. The van der Waals surface area contributed by atoms with Crippen LogP contribution in [-0.2, 0) is 4.79 Å². The number of hydrogen-bond acceptors (Lipinski definition) is 3. The molecule has 0 radical (unpaired) electrons. The van der Waals surface area contributed by atoms with Crippen LogP contribution in [0.15, 0.2) is 24.3 Å². The quantitative estimate of drug-likeness (QED) is 0.775. The molecule has 1 saturated heterocycles. The largest absolute Gasteiger partial charge is 0.378 e. The van der Waals surface area contributed by atoms with Crippen molar-refractivity contribution in [3.63, 3.8) is 0 Å². The normalized spacial score (nSPS) is 20.4. The van der Waals surface area contributed by atoms with Crippen LogP contribution in [0.5, 0.6) is 0 Å². The average Bonchev–Trinajstić information content (AvgIpc) is 2.29. The molecule has 0 aliphatic carbocycles. The van der Waals surface area contributed by atoms with E-state index >= 15 is 0 Å². The standard InChI is InChI=1S/C12H17N3O/c1-15(2)10-5-3-9(4-6-10)12-13-8-7-11(16)14-12/h3-6,12-13H,7-8H2,1-2H3,(H,14,16)/t12-/m1/s1. The molecule has 2 N–H and O–H groups in total. The third kappa shape index (κ3) is 2.33. The zero-order valence-corrected chi connectivity index (χ0v) is 9.66. The molecule has 16 heavy (non-hydrogen) atoms. The van der Waals surface area contributed by atoms with E-state index in [9.17, 15) is 4.79 Å². The summed E-state index contributed by atoms with van der Waals surface area (Å²) >= 11 is 0. The van der Waals surface area contributed by atoms with Crippen LogP contribution in [0.2, 0.25) is 0 Å². The van der Waals surface area contributed by atoms with Crippen molar-refractivity contribution >= 4 is 11.6 Å². The Balaban J connectivity index is 2.11. The molecule has 1 fully saturated rings. The van der Waals surface area contributed by atoms with E-state index in [1.165, 1.54) is 0 Å². The van der Waals surface area contributed by atoms with Gasteiger partial charge in [-0.1, -0.05) is 12.1 Å². The minimum Gasteiger partial charge on any atom is -0.378 e. The second-order valence-corrected chi connectivity index (χ2v) is 4.19. The number of nitrogens with one attached hydrogen (secondary N) is 2. The molecule has 86 valence electrons. The first-order valence-corrected chi connectivity index (χ1v) is 5.47. The van der Waals surface area contributed by atoms with Crippen LogP contribution in [-0.4, -0.2) is 26.5 Å². The highest BCUT2D eigenvalue weighted by atomic mass is 16.1. The molecular formula is C12H17N3O. The molecule has 0 bridgehead atoms. The lowest BCUT2D eigenvalue weighted by molar-refractivity contribution is -0.123. The molecule has 1 aliphatic heterocycles. The Morgan fingerprint density at radius 2 is 1.94 bits per heavy atom. The van der Waals surface area contributed by atoms with E-state index in [-0.39, 0.29) is 12.1 Å². The lowest BCUT2D eigenvalue weighted by Crippen LogP contribution is -2.44. The minimum atomic E-state index is -0.0440. The molecule has 4 nitrogen and oxygen atoms in total. The van der Waals surface area contributed by atoms with Crippen molar-refractivity contribution in [2.75, 3.05) is 25.5 Å². The number of anilines is 1. The van der Waals surface area contributed by atoms with Crippen molar-refractivity contribution in [3.05, 3.63) is 29.8 Å². The van der Waals surface area contributed by atoms with E-state index in [4.69, 9.17) is 0 Å². The SMILES string of the molecule is CN(C)c1ccc([C@@H]2NCCC(=O)N2)cc1.